The zero-order chi connectivity index (χ0) is 34.3. The van der Waals surface area contributed by atoms with Gasteiger partial charge in [-0.1, -0.05) is 47.7 Å². The van der Waals surface area contributed by atoms with E-state index in [1.807, 2.05) is 78.3 Å². The molecule has 4 aromatic rings. The Morgan fingerprint density at radius 3 is 2.31 bits per heavy atom. The minimum atomic E-state index is -0.201. The molecule has 0 saturated carbocycles. The molecule has 0 bridgehead atoms. The van der Waals surface area contributed by atoms with Crippen molar-refractivity contribution in [3.8, 4) is 22.5 Å². The van der Waals surface area contributed by atoms with Crippen molar-refractivity contribution in [3.63, 3.8) is 0 Å². The second kappa shape index (κ2) is 15.2. The minimum Gasteiger partial charge on any atom is -0.380 e. The molecule has 2 aromatic heterocycles. The van der Waals surface area contributed by atoms with Gasteiger partial charge >= 0.3 is 0 Å². The van der Waals surface area contributed by atoms with E-state index in [1.165, 1.54) is 0 Å². The summed E-state index contributed by atoms with van der Waals surface area (Å²) in [5.41, 5.74) is 6.26. The zero-order valence-corrected chi connectivity index (χ0v) is 29.0. The Kier molecular flexibility index (Phi) is 11.0. The van der Waals surface area contributed by atoms with Gasteiger partial charge in [-0.15, -0.1) is 5.10 Å². The molecule has 0 unspecified atom stereocenters. The molecule has 1 aliphatic rings. The lowest BCUT2D eigenvalue weighted by Gasteiger charge is -2.30. The smallest absolute Gasteiger partial charge is 0.252 e. The van der Waals surface area contributed by atoms with Crippen molar-refractivity contribution in [2.75, 3.05) is 38.8 Å². The number of para-hydroxylation sites is 1. The van der Waals surface area contributed by atoms with E-state index in [2.05, 4.69) is 58.9 Å². The van der Waals surface area contributed by atoms with Gasteiger partial charge in [-0.05, 0) is 78.4 Å². The highest BCUT2D eigenvalue weighted by Gasteiger charge is 2.30. The summed E-state index contributed by atoms with van der Waals surface area (Å²) >= 11 is 0. The van der Waals surface area contributed by atoms with Crippen LogP contribution in [-0.2, 0) is 22.6 Å². The van der Waals surface area contributed by atoms with Crippen LogP contribution in [0.2, 0.25) is 0 Å². The summed E-state index contributed by atoms with van der Waals surface area (Å²) in [6, 6.07) is 19.6. The first-order valence-electron chi connectivity index (χ1n) is 16.6. The molecule has 0 aliphatic carbocycles. The Hall–Kier alpha value is -4.45. The number of hydrogen-bond acceptors (Lipinski definition) is 8. The maximum atomic E-state index is 13.9. The van der Waals surface area contributed by atoms with Gasteiger partial charge in [0.2, 0.25) is 5.91 Å². The van der Waals surface area contributed by atoms with Crippen molar-refractivity contribution in [3.05, 3.63) is 83.7 Å². The number of nitrogens with one attached hydrogen (secondary N) is 3. The van der Waals surface area contributed by atoms with E-state index in [0.717, 1.165) is 45.9 Å². The van der Waals surface area contributed by atoms with Crippen LogP contribution in [0.5, 0.6) is 0 Å². The predicted molar refractivity (Wildman–Crippen MR) is 189 cm³/mol. The Labute approximate surface area is 283 Å². The van der Waals surface area contributed by atoms with Gasteiger partial charge < -0.3 is 25.6 Å². The number of ether oxygens (including phenoxy) is 1. The molecular formula is C37H48N8O3. The topological polar surface area (TPSA) is 126 Å². The van der Waals surface area contributed by atoms with Gasteiger partial charge in [0, 0.05) is 48.0 Å². The van der Waals surface area contributed by atoms with Gasteiger partial charge in [0.15, 0.2) is 0 Å². The fraction of sp³-hybridized carbons (Fsp3) is 0.432. The molecule has 2 amide bonds. The highest BCUT2D eigenvalue weighted by atomic mass is 16.5. The van der Waals surface area contributed by atoms with Gasteiger partial charge in [-0.3, -0.25) is 14.6 Å². The number of fused-ring (bicyclic) bond motifs is 5. The van der Waals surface area contributed by atoms with E-state index in [0.29, 0.717) is 51.3 Å². The molecular weight excluding hydrogens is 604 g/mol. The molecule has 5 rings (SSSR count). The first-order chi connectivity index (χ1) is 23.0. The molecule has 2 aromatic carbocycles. The molecule has 254 valence electrons. The molecule has 11 nitrogen and oxygen atoms in total. The van der Waals surface area contributed by atoms with E-state index < -0.39 is 0 Å². The second-order valence-corrected chi connectivity index (χ2v) is 13.5. The van der Waals surface area contributed by atoms with E-state index >= 15 is 0 Å². The van der Waals surface area contributed by atoms with Crippen LogP contribution in [0.4, 0.5) is 5.69 Å². The van der Waals surface area contributed by atoms with Gasteiger partial charge in [0.05, 0.1) is 42.3 Å². The van der Waals surface area contributed by atoms with Gasteiger partial charge in [0.25, 0.3) is 5.91 Å². The molecule has 0 saturated heterocycles. The highest BCUT2D eigenvalue weighted by molar-refractivity contribution is 6.00. The normalized spacial score (nSPS) is 12.8. The fourth-order valence-corrected chi connectivity index (χ4v) is 5.53. The number of carbonyl (C=O) groups excluding carboxylic acids is 2. The Morgan fingerprint density at radius 2 is 1.58 bits per heavy atom. The van der Waals surface area contributed by atoms with Crippen LogP contribution in [0, 0.1) is 0 Å². The third-order valence-corrected chi connectivity index (χ3v) is 9.21. The summed E-state index contributed by atoms with van der Waals surface area (Å²) in [6.07, 6.45) is 3.57. The van der Waals surface area contributed by atoms with E-state index in [9.17, 15) is 9.59 Å². The average molecular weight is 653 g/mol. The Morgan fingerprint density at radius 1 is 0.875 bits per heavy atom. The third kappa shape index (κ3) is 8.33. The lowest BCUT2D eigenvalue weighted by atomic mass is 9.94. The van der Waals surface area contributed by atoms with E-state index in [4.69, 9.17) is 4.74 Å². The van der Waals surface area contributed by atoms with Crippen molar-refractivity contribution >= 4 is 17.5 Å². The summed E-state index contributed by atoms with van der Waals surface area (Å²) in [6.45, 7) is 10.7. The van der Waals surface area contributed by atoms with Crippen LogP contribution < -0.4 is 20.9 Å². The third-order valence-electron chi connectivity index (χ3n) is 9.21. The fourth-order valence-electron chi connectivity index (χ4n) is 5.53. The van der Waals surface area contributed by atoms with Crippen molar-refractivity contribution < 1.29 is 14.3 Å². The standard InChI is InChI=1S/C37H48N8O3/c1-36(2,38-5)18-17-32(46)44-24-27-11-7-8-12-29(27)33-34(30-13-9-10-14-31(30)44)45(43-42-33)25-28-16-15-26(23-41-28)35(47)40-20-22-48-21-19-37(3,4)39-6/h7-16,23,38-39H,17-22,24-25H2,1-6H3,(H,40,47). The molecule has 1 aliphatic heterocycles. The molecule has 48 heavy (non-hydrogen) atoms. The number of benzene rings is 2. The van der Waals surface area contributed by atoms with Gasteiger partial charge in [-0.25, -0.2) is 4.68 Å². The average Bonchev–Trinajstić information content (AvgIpc) is 3.49. The quantitative estimate of drug-likeness (QED) is 0.166. The molecule has 0 atom stereocenters. The molecule has 3 N–H and O–H groups in total. The number of anilines is 1. The predicted octanol–water partition coefficient (Wildman–Crippen LogP) is 4.81. The number of amides is 2. The monoisotopic (exact) mass is 652 g/mol. The highest BCUT2D eigenvalue weighted by Crippen LogP contribution is 2.41. The first kappa shape index (κ1) is 34.9. The number of aromatic nitrogens is 4. The minimum absolute atomic E-state index is 0.0115. The number of rotatable bonds is 14. The van der Waals surface area contributed by atoms with Gasteiger partial charge in [0.1, 0.15) is 5.69 Å². The van der Waals surface area contributed by atoms with Crippen LogP contribution in [0.15, 0.2) is 66.9 Å². The largest absolute Gasteiger partial charge is 0.380 e. The zero-order valence-electron chi connectivity index (χ0n) is 29.0. The second-order valence-electron chi connectivity index (χ2n) is 13.5. The first-order valence-corrected chi connectivity index (χ1v) is 16.6. The van der Waals surface area contributed by atoms with Crippen molar-refractivity contribution in [1.82, 2.24) is 35.9 Å². The van der Waals surface area contributed by atoms with E-state index in [-0.39, 0.29) is 22.9 Å². The Bertz CT molecular complexity index is 1710. The van der Waals surface area contributed by atoms with Crippen LogP contribution >= 0.6 is 0 Å². The van der Waals surface area contributed by atoms with E-state index in [1.54, 1.807) is 12.3 Å². The van der Waals surface area contributed by atoms with Crippen LogP contribution in [-0.4, -0.2) is 76.7 Å². The van der Waals surface area contributed by atoms with Crippen LogP contribution in [0.25, 0.3) is 22.5 Å². The number of carbonyl (C=O) groups is 2. The lowest BCUT2D eigenvalue weighted by molar-refractivity contribution is -0.119. The molecule has 0 radical (unpaired) electrons. The summed E-state index contributed by atoms with van der Waals surface area (Å²) in [7, 11) is 3.86. The molecule has 11 heteroatoms. The molecule has 3 heterocycles. The summed E-state index contributed by atoms with van der Waals surface area (Å²) in [5, 5.41) is 18.7. The van der Waals surface area contributed by atoms with Crippen molar-refractivity contribution in [2.45, 2.75) is 71.1 Å². The lowest BCUT2D eigenvalue weighted by Crippen LogP contribution is -2.39. The van der Waals surface area contributed by atoms with Crippen molar-refractivity contribution in [2.24, 2.45) is 0 Å². The molecule has 0 spiro atoms. The summed E-state index contributed by atoms with van der Waals surface area (Å²) < 4.78 is 7.52. The van der Waals surface area contributed by atoms with Crippen LogP contribution in [0.1, 0.15) is 68.6 Å². The number of hydrogen-bond donors (Lipinski definition) is 3. The maximum absolute atomic E-state index is 13.9. The Balaban J connectivity index is 1.35. The number of pyridine rings is 1. The SMILES string of the molecule is CNC(C)(C)CCOCCNC(=O)c1ccc(Cn2nnc3c2-c2ccccc2N(C(=O)CCC(C)(C)NC)Cc2ccccc2-3)nc1. The van der Waals surface area contributed by atoms with Crippen LogP contribution in [0.3, 0.4) is 0 Å². The maximum Gasteiger partial charge on any atom is 0.252 e. The molecule has 0 fully saturated rings. The summed E-state index contributed by atoms with van der Waals surface area (Å²) in [5.74, 6) is -0.143. The van der Waals surface area contributed by atoms with Gasteiger partial charge in [-0.2, -0.15) is 0 Å². The summed E-state index contributed by atoms with van der Waals surface area (Å²) in [4.78, 5) is 33.1. The van der Waals surface area contributed by atoms with Crippen molar-refractivity contribution in [1.29, 1.82) is 0 Å². The number of nitrogens with zero attached hydrogens (tertiary/aromatic N) is 5.